The average molecular weight is 368 g/mol. The standard InChI is InChI=1S/C18H28N2O4S/c1-4-24-16-5-7-17(8-6-16)25(22,23)19-15-9-11-20(12-10-15)18(21)13-14(2)3/h5-8,14-15,19H,4,9-13H2,1-3H3. The molecule has 1 aromatic rings. The summed E-state index contributed by atoms with van der Waals surface area (Å²) in [6, 6.07) is 6.28. The van der Waals surface area contributed by atoms with E-state index in [9.17, 15) is 13.2 Å². The van der Waals surface area contributed by atoms with Crippen LogP contribution in [0.25, 0.3) is 0 Å². The van der Waals surface area contributed by atoms with Crippen LogP contribution in [0.5, 0.6) is 5.75 Å². The zero-order chi connectivity index (χ0) is 18.4. The van der Waals surface area contributed by atoms with Gasteiger partial charge in [-0.15, -0.1) is 0 Å². The van der Waals surface area contributed by atoms with Gasteiger partial charge in [0.2, 0.25) is 15.9 Å². The van der Waals surface area contributed by atoms with Gasteiger partial charge in [0.25, 0.3) is 0 Å². The van der Waals surface area contributed by atoms with E-state index in [1.165, 1.54) is 0 Å². The lowest BCUT2D eigenvalue weighted by atomic mass is 10.0. The van der Waals surface area contributed by atoms with Gasteiger partial charge < -0.3 is 9.64 Å². The first-order valence-electron chi connectivity index (χ1n) is 8.84. The molecule has 2 rings (SSSR count). The van der Waals surface area contributed by atoms with Crippen LogP contribution in [-0.2, 0) is 14.8 Å². The zero-order valence-electron chi connectivity index (χ0n) is 15.2. The second kappa shape index (κ2) is 8.67. The Hall–Kier alpha value is -1.60. The summed E-state index contributed by atoms with van der Waals surface area (Å²) < 4.78 is 33.1. The molecule has 0 aliphatic carbocycles. The largest absolute Gasteiger partial charge is 0.494 e. The number of hydrogen-bond acceptors (Lipinski definition) is 4. The van der Waals surface area contributed by atoms with Gasteiger partial charge >= 0.3 is 0 Å². The van der Waals surface area contributed by atoms with E-state index in [1.807, 2.05) is 25.7 Å². The molecule has 1 saturated heterocycles. The molecular formula is C18H28N2O4S. The van der Waals surface area contributed by atoms with E-state index >= 15 is 0 Å². The third kappa shape index (κ3) is 5.71. The normalized spacial score (nSPS) is 16.2. The van der Waals surface area contributed by atoms with Crippen LogP contribution in [0.15, 0.2) is 29.2 Å². The Labute approximate surface area is 150 Å². The molecule has 0 unspecified atom stereocenters. The number of amides is 1. The maximum Gasteiger partial charge on any atom is 0.240 e. The Morgan fingerprint density at radius 2 is 1.84 bits per heavy atom. The number of hydrogen-bond donors (Lipinski definition) is 1. The Balaban J connectivity index is 1.90. The van der Waals surface area contributed by atoms with Crippen molar-refractivity contribution in [2.24, 2.45) is 5.92 Å². The van der Waals surface area contributed by atoms with Crippen LogP contribution in [0.3, 0.4) is 0 Å². The summed E-state index contributed by atoms with van der Waals surface area (Å²) in [5.41, 5.74) is 0. The number of piperidine rings is 1. The fraction of sp³-hybridized carbons (Fsp3) is 0.611. The van der Waals surface area contributed by atoms with E-state index in [-0.39, 0.29) is 16.8 Å². The van der Waals surface area contributed by atoms with Gasteiger partial charge in [0.05, 0.1) is 11.5 Å². The van der Waals surface area contributed by atoms with E-state index < -0.39 is 10.0 Å². The smallest absolute Gasteiger partial charge is 0.240 e. The molecule has 140 valence electrons. The SMILES string of the molecule is CCOc1ccc(S(=O)(=O)NC2CCN(C(=O)CC(C)C)CC2)cc1. The van der Waals surface area contributed by atoms with Gasteiger partial charge in [-0.05, 0) is 49.9 Å². The van der Waals surface area contributed by atoms with E-state index in [4.69, 9.17) is 4.74 Å². The number of rotatable bonds is 7. The average Bonchev–Trinajstić information content (AvgIpc) is 2.55. The monoisotopic (exact) mass is 368 g/mol. The second-order valence-electron chi connectivity index (χ2n) is 6.78. The molecule has 7 heteroatoms. The fourth-order valence-electron chi connectivity index (χ4n) is 2.89. The van der Waals surface area contributed by atoms with Crippen molar-refractivity contribution < 1.29 is 17.9 Å². The molecule has 1 N–H and O–H groups in total. The molecule has 1 fully saturated rings. The molecule has 0 spiro atoms. The molecule has 0 radical (unpaired) electrons. The van der Waals surface area contributed by atoms with Gasteiger partial charge in [-0.25, -0.2) is 13.1 Å². The second-order valence-corrected chi connectivity index (χ2v) is 8.49. The molecule has 1 amide bonds. The van der Waals surface area contributed by atoms with Crippen LogP contribution >= 0.6 is 0 Å². The molecule has 1 heterocycles. The molecule has 0 atom stereocenters. The number of benzene rings is 1. The fourth-order valence-corrected chi connectivity index (χ4v) is 4.20. The molecule has 1 aromatic carbocycles. The first-order chi connectivity index (χ1) is 11.8. The van der Waals surface area contributed by atoms with Crippen LogP contribution in [0, 0.1) is 5.92 Å². The van der Waals surface area contributed by atoms with Gasteiger partial charge in [0.1, 0.15) is 5.75 Å². The number of nitrogens with one attached hydrogen (secondary N) is 1. The molecule has 1 aliphatic heterocycles. The van der Waals surface area contributed by atoms with Gasteiger partial charge in [-0.3, -0.25) is 4.79 Å². The first-order valence-corrected chi connectivity index (χ1v) is 10.3. The van der Waals surface area contributed by atoms with Crippen molar-refractivity contribution in [1.29, 1.82) is 0 Å². The maximum atomic E-state index is 12.5. The Kier molecular flexibility index (Phi) is 6.84. The number of carbonyl (C=O) groups excluding carboxylic acids is 1. The predicted octanol–water partition coefficient (Wildman–Crippen LogP) is 2.40. The van der Waals surface area contributed by atoms with Gasteiger partial charge in [0.15, 0.2) is 0 Å². The van der Waals surface area contributed by atoms with Crippen LogP contribution in [0.2, 0.25) is 0 Å². The Morgan fingerprint density at radius 1 is 1.24 bits per heavy atom. The van der Waals surface area contributed by atoms with Crippen LogP contribution in [0.1, 0.15) is 40.0 Å². The predicted molar refractivity (Wildman–Crippen MR) is 97.0 cm³/mol. The third-order valence-corrected chi connectivity index (χ3v) is 5.73. The Morgan fingerprint density at radius 3 is 2.36 bits per heavy atom. The van der Waals surface area contributed by atoms with Gasteiger partial charge in [0, 0.05) is 25.6 Å². The summed E-state index contributed by atoms with van der Waals surface area (Å²) in [6.45, 7) is 7.66. The van der Waals surface area contributed by atoms with E-state index in [2.05, 4.69) is 4.72 Å². The highest BCUT2D eigenvalue weighted by Crippen LogP contribution is 2.19. The molecular weight excluding hydrogens is 340 g/mol. The molecule has 0 bridgehead atoms. The lowest BCUT2D eigenvalue weighted by Crippen LogP contribution is -2.46. The topological polar surface area (TPSA) is 75.7 Å². The van der Waals surface area contributed by atoms with Crippen molar-refractivity contribution in [3.63, 3.8) is 0 Å². The minimum Gasteiger partial charge on any atom is -0.494 e. The van der Waals surface area contributed by atoms with E-state index in [0.717, 1.165) is 0 Å². The maximum absolute atomic E-state index is 12.5. The van der Waals surface area contributed by atoms with Crippen molar-refractivity contribution in [2.75, 3.05) is 19.7 Å². The summed E-state index contributed by atoms with van der Waals surface area (Å²) in [6.07, 6.45) is 1.82. The molecule has 0 aromatic heterocycles. The van der Waals surface area contributed by atoms with Crippen molar-refractivity contribution in [3.05, 3.63) is 24.3 Å². The van der Waals surface area contributed by atoms with E-state index in [1.54, 1.807) is 24.3 Å². The van der Waals surface area contributed by atoms with Crippen molar-refractivity contribution in [3.8, 4) is 5.75 Å². The number of likely N-dealkylation sites (tertiary alicyclic amines) is 1. The lowest BCUT2D eigenvalue weighted by molar-refractivity contribution is -0.133. The summed E-state index contributed by atoms with van der Waals surface area (Å²) in [5.74, 6) is 1.14. The minimum atomic E-state index is -3.56. The summed E-state index contributed by atoms with van der Waals surface area (Å²) in [5, 5.41) is 0. The summed E-state index contributed by atoms with van der Waals surface area (Å²) in [4.78, 5) is 14.1. The molecule has 1 aliphatic rings. The highest BCUT2D eigenvalue weighted by atomic mass is 32.2. The number of nitrogens with zero attached hydrogens (tertiary/aromatic N) is 1. The van der Waals surface area contributed by atoms with Gasteiger partial charge in [-0.2, -0.15) is 0 Å². The summed E-state index contributed by atoms with van der Waals surface area (Å²) >= 11 is 0. The minimum absolute atomic E-state index is 0.139. The zero-order valence-corrected chi connectivity index (χ0v) is 16.0. The van der Waals surface area contributed by atoms with E-state index in [0.29, 0.717) is 50.6 Å². The van der Waals surface area contributed by atoms with Gasteiger partial charge in [-0.1, -0.05) is 13.8 Å². The molecule has 6 nitrogen and oxygen atoms in total. The Bertz CT molecular complexity index is 663. The van der Waals surface area contributed by atoms with Crippen LogP contribution < -0.4 is 9.46 Å². The van der Waals surface area contributed by atoms with Crippen molar-refractivity contribution in [2.45, 2.75) is 51.0 Å². The van der Waals surface area contributed by atoms with Crippen molar-refractivity contribution in [1.82, 2.24) is 9.62 Å². The quantitative estimate of drug-likeness (QED) is 0.802. The highest BCUT2D eigenvalue weighted by molar-refractivity contribution is 7.89. The number of carbonyl (C=O) groups is 1. The summed E-state index contributed by atoms with van der Waals surface area (Å²) in [7, 11) is -3.56. The molecule has 0 saturated carbocycles. The lowest BCUT2D eigenvalue weighted by Gasteiger charge is -2.32. The number of sulfonamides is 1. The first kappa shape index (κ1) is 19.7. The highest BCUT2D eigenvalue weighted by Gasteiger charge is 2.26. The van der Waals surface area contributed by atoms with Crippen LogP contribution in [-0.4, -0.2) is 45.0 Å². The number of ether oxygens (including phenoxy) is 1. The van der Waals surface area contributed by atoms with Crippen molar-refractivity contribution >= 4 is 15.9 Å². The third-order valence-electron chi connectivity index (χ3n) is 4.20. The van der Waals surface area contributed by atoms with Crippen LogP contribution in [0.4, 0.5) is 0 Å². The molecule has 25 heavy (non-hydrogen) atoms.